The summed E-state index contributed by atoms with van der Waals surface area (Å²) in [5, 5.41) is 6.63. The van der Waals surface area contributed by atoms with Gasteiger partial charge in [-0.25, -0.2) is 13.1 Å². The van der Waals surface area contributed by atoms with Crippen molar-refractivity contribution in [3.8, 4) is 0 Å². The van der Waals surface area contributed by atoms with Gasteiger partial charge in [-0.2, -0.15) is 0 Å². The molecular weight excluding hydrogens is 453 g/mol. The van der Waals surface area contributed by atoms with Gasteiger partial charge < -0.3 is 10.6 Å². The molecular formula is C16H34IN5O2S. The zero-order valence-electron chi connectivity index (χ0n) is 16.1. The predicted molar refractivity (Wildman–Crippen MR) is 116 cm³/mol. The van der Waals surface area contributed by atoms with Gasteiger partial charge in [0.25, 0.3) is 0 Å². The molecule has 1 heterocycles. The molecule has 1 fully saturated rings. The van der Waals surface area contributed by atoms with Gasteiger partial charge in [0, 0.05) is 44.8 Å². The molecule has 0 aromatic carbocycles. The van der Waals surface area contributed by atoms with Crippen molar-refractivity contribution in [2.75, 3.05) is 39.5 Å². The van der Waals surface area contributed by atoms with Crippen LogP contribution in [0, 0.1) is 0 Å². The quantitative estimate of drug-likeness (QED) is 0.217. The summed E-state index contributed by atoms with van der Waals surface area (Å²) in [5.74, 6) is 0.705. The van der Waals surface area contributed by atoms with E-state index in [1.165, 1.54) is 11.8 Å². The fraction of sp³-hybridized carbons (Fsp3) is 0.812. The normalized spacial score (nSPS) is 17.7. The molecule has 0 aliphatic carbocycles. The number of nitrogens with one attached hydrogen (secondary N) is 3. The van der Waals surface area contributed by atoms with E-state index in [1.807, 2.05) is 13.8 Å². The van der Waals surface area contributed by atoms with E-state index in [2.05, 4.69) is 38.8 Å². The van der Waals surface area contributed by atoms with Gasteiger partial charge in [0.15, 0.2) is 5.96 Å². The van der Waals surface area contributed by atoms with Crippen molar-refractivity contribution in [1.82, 2.24) is 20.3 Å². The van der Waals surface area contributed by atoms with Crippen LogP contribution < -0.4 is 15.4 Å². The van der Waals surface area contributed by atoms with E-state index >= 15 is 0 Å². The first kappa shape index (κ1) is 24.6. The van der Waals surface area contributed by atoms with Crippen LogP contribution in [-0.2, 0) is 10.0 Å². The fourth-order valence-electron chi connectivity index (χ4n) is 2.85. The summed E-state index contributed by atoms with van der Waals surface area (Å²) in [6.45, 7) is 13.2. The van der Waals surface area contributed by atoms with E-state index in [0.29, 0.717) is 18.5 Å². The molecule has 148 valence electrons. The lowest BCUT2D eigenvalue weighted by Crippen LogP contribution is -2.55. The Morgan fingerprint density at radius 3 is 2.32 bits per heavy atom. The molecule has 1 saturated heterocycles. The van der Waals surface area contributed by atoms with Crippen molar-refractivity contribution >= 4 is 40.0 Å². The number of hydrogen-bond donors (Lipinski definition) is 3. The number of likely N-dealkylation sites (tertiary alicyclic amines) is 1. The molecule has 0 radical (unpaired) electrons. The predicted octanol–water partition coefficient (Wildman–Crippen LogP) is 1.14. The van der Waals surface area contributed by atoms with Crippen molar-refractivity contribution in [2.45, 2.75) is 45.2 Å². The Morgan fingerprint density at radius 2 is 1.88 bits per heavy atom. The van der Waals surface area contributed by atoms with Crippen molar-refractivity contribution in [3.63, 3.8) is 0 Å². The van der Waals surface area contributed by atoms with E-state index in [0.717, 1.165) is 32.5 Å². The van der Waals surface area contributed by atoms with Crippen LogP contribution in [0.3, 0.4) is 0 Å². The second-order valence-electron chi connectivity index (χ2n) is 7.34. The van der Waals surface area contributed by atoms with Crippen LogP contribution in [0.15, 0.2) is 17.1 Å². The number of guanidine groups is 1. The number of rotatable bonds is 7. The number of nitrogens with zero attached hydrogens (tertiary/aromatic N) is 2. The first-order valence-corrected chi connectivity index (χ1v) is 10.2. The van der Waals surface area contributed by atoms with Crippen molar-refractivity contribution in [1.29, 1.82) is 0 Å². The molecule has 0 unspecified atom stereocenters. The van der Waals surface area contributed by atoms with E-state index < -0.39 is 15.6 Å². The van der Waals surface area contributed by atoms with Crippen LogP contribution in [0.4, 0.5) is 0 Å². The third-order valence-corrected chi connectivity index (χ3v) is 4.73. The Labute approximate surface area is 170 Å². The van der Waals surface area contributed by atoms with E-state index in [4.69, 9.17) is 0 Å². The minimum atomic E-state index is -3.24. The first-order valence-electron chi connectivity index (χ1n) is 8.33. The summed E-state index contributed by atoms with van der Waals surface area (Å²) >= 11 is 0. The highest BCUT2D eigenvalue weighted by molar-refractivity contribution is 14.0. The number of hydrogen-bond acceptors (Lipinski definition) is 4. The molecule has 0 amide bonds. The van der Waals surface area contributed by atoms with Gasteiger partial charge in [0.1, 0.15) is 0 Å². The second-order valence-corrected chi connectivity index (χ2v) is 9.08. The van der Waals surface area contributed by atoms with Crippen LogP contribution >= 0.6 is 24.0 Å². The van der Waals surface area contributed by atoms with Gasteiger partial charge in [-0.3, -0.25) is 9.89 Å². The van der Waals surface area contributed by atoms with Gasteiger partial charge in [0.2, 0.25) is 10.0 Å². The van der Waals surface area contributed by atoms with Gasteiger partial charge in [-0.1, -0.05) is 12.2 Å². The van der Waals surface area contributed by atoms with Gasteiger partial charge >= 0.3 is 0 Å². The number of sulfonamides is 1. The smallest absolute Gasteiger partial charge is 0.209 e. The van der Waals surface area contributed by atoms with Crippen LogP contribution in [-0.4, -0.2) is 70.3 Å². The molecule has 0 aromatic heterocycles. The van der Waals surface area contributed by atoms with Crippen LogP contribution in [0.25, 0.3) is 0 Å². The third-order valence-electron chi connectivity index (χ3n) is 3.81. The van der Waals surface area contributed by atoms with E-state index in [-0.39, 0.29) is 24.0 Å². The SMILES string of the molecule is C=C(C)CN1CCC(NC(=NC)NCC(C)(C)NS(C)(=O)=O)CC1.I. The van der Waals surface area contributed by atoms with Crippen molar-refractivity contribution in [2.24, 2.45) is 4.99 Å². The molecule has 0 atom stereocenters. The Kier molecular flexibility index (Phi) is 10.5. The Bertz CT molecular complexity index is 555. The zero-order chi connectivity index (χ0) is 18.4. The minimum absolute atomic E-state index is 0. The number of aliphatic imine (C=N–C) groups is 1. The average molecular weight is 487 g/mol. The molecule has 3 N–H and O–H groups in total. The molecule has 25 heavy (non-hydrogen) atoms. The average Bonchev–Trinajstić information content (AvgIpc) is 2.42. The number of piperidine rings is 1. The highest BCUT2D eigenvalue weighted by atomic mass is 127. The molecule has 0 bridgehead atoms. The molecule has 7 nitrogen and oxygen atoms in total. The largest absolute Gasteiger partial charge is 0.355 e. The van der Waals surface area contributed by atoms with E-state index in [1.54, 1.807) is 7.05 Å². The third kappa shape index (κ3) is 11.0. The monoisotopic (exact) mass is 487 g/mol. The molecule has 1 aliphatic rings. The number of halogens is 1. The summed E-state index contributed by atoms with van der Waals surface area (Å²) in [4.78, 5) is 6.65. The lowest BCUT2D eigenvalue weighted by molar-refractivity contribution is 0.221. The zero-order valence-corrected chi connectivity index (χ0v) is 19.2. The summed E-state index contributed by atoms with van der Waals surface area (Å²) in [5.41, 5.74) is 0.607. The summed E-state index contributed by atoms with van der Waals surface area (Å²) in [6, 6.07) is 0.378. The lowest BCUT2D eigenvalue weighted by atomic mass is 10.0. The van der Waals surface area contributed by atoms with Gasteiger partial charge in [-0.05, 0) is 33.6 Å². The van der Waals surface area contributed by atoms with Crippen LogP contribution in [0.2, 0.25) is 0 Å². The maximum absolute atomic E-state index is 11.4. The molecule has 1 rings (SSSR count). The molecule has 0 saturated carbocycles. The molecule has 9 heteroatoms. The van der Waals surface area contributed by atoms with Gasteiger partial charge in [-0.15, -0.1) is 24.0 Å². The van der Waals surface area contributed by atoms with Crippen LogP contribution in [0.5, 0.6) is 0 Å². The molecule has 0 spiro atoms. The standard InChI is InChI=1S/C16H33N5O2S.HI/c1-13(2)11-21-9-7-14(8-10-21)19-15(17-5)18-12-16(3,4)20-24(6,22)23;/h14,20H,1,7-12H2,2-6H3,(H2,17,18,19);1H. The first-order chi connectivity index (χ1) is 11.0. The van der Waals surface area contributed by atoms with E-state index in [9.17, 15) is 8.42 Å². The minimum Gasteiger partial charge on any atom is -0.355 e. The summed E-state index contributed by atoms with van der Waals surface area (Å²) < 4.78 is 25.4. The highest BCUT2D eigenvalue weighted by Gasteiger charge is 2.24. The maximum atomic E-state index is 11.4. The highest BCUT2D eigenvalue weighted by Crippen LogP contribution is 2.11. The Morgan fingerprint density at radius 1 is 1.32 bits per heavy atom. The topological polar surface area (TPSA) is 85.8 Å². The lowest BCUT2D eigenvalue weighted by Gasteiger charge is -2.33. The Hall–Kier alpha value is -0.390. The Balaban J connectivity index is 0.00000576. The maximum Gasteiger partial charge on any atom is 0.209 e. The van der Waals surface area contributed by atoms with Crippen LogP contribution in [0.1, 0.15) is 33.6 Å². The molecule has 0 aromatic rings. The second kappa shape index (κ2) is 10.7. The summed E-state index contributed by atoms with van der Waals surface area (Å²) in [7, 11) is -1.52. The van der Waals surface area contributed by atoms with Gasteiger partial charge in [0.05, 0.1) is 6.26 Å². The fourth-order valence-corrected chi connectivity index (χ4v) is 3.92. The van der Waals surface area contributed by atoms with Crippen molar-refractivity contribution in [3.05, 3.63) is 12.2 Å². The summed E-state index contributed by atoms with van der Waals surface area (Å²) in [6.07, 6.45) is 3.28. The van der Waals surface area contributed by atoms with Crippen molar-refractivity contribution < 1.29 is 8.42 Å². The molecule has 1 aliphatic heterocycles.